The summed E-state index contributed by atoms with van der Waals surface area (Å²) in [7, 11) is 0. The number of rotatable bonds is 3. The first-order valence-corrected chi connectivity index (χ1v) is 6.17. The first kappa shape index (κ1) is 12.8. The first-order chi connectivity index (χ1) is 7.93. The van der Waals surface area contributed by atoms with Crippen LogP contribution in [0.15, 0.2) is 18.2 Å². The molecule has 17 heavy (non-hydrogen) atoms. The molecule has 0 amide bonds. The van der Waals surface area contributed by atoms with Gasteiger partial charge in [0.25, 0.3) is 0 Å². The van der Waals surface area contributed by atoms with Crippen molar-refractivity contribution in [1.29, 1.82) is 0 Å². The fourth-order valence-corrected chi connectivity index (χ4v) is 2.48. The maximum atomic E-state index is 13.4. The highest BCUT2D eigenvalue weighted by Gasteiger charge is 2.46. The van der Waals surface area contributed by atoms with Crippen LogP contribution in [0.4, 0.5) is 8.78 Å². The molecule has 1 aliphatic rings. The maximum Gasteiger partial charge on any atom is 0.130 e. The van der Waals surface area contributed by atoms with Gasteiger partial charge in [0, 0.05) is 23.5 Å². The molecule has 0 aliphatic heterocycles. The van der Waals surface area contributed by atoms with Crippen LogP contribution in [0, 0.1) is 17.0 Å². The number of halogens is 3. The number of benzene rings is 1. The largest absolute Gasteiger partial charge is 0.309 e. The van der Waals surface area contributed by atoms with Gasteiger partial charge in [-0.2, -0.15) is 0 Å². The summed E-state index contributed by atoms with van der Waals surface area (Å²) in [6.45, 7) is 4.32. The van der Waals surface area contributed by atoms with Crippen LogP contribution >= 0.6 is 11.6 Å². The lowest BCUT2D eigenvalue weighted by Crippen LogP contribution is -2.57. The molecule has 2 rings (SSSR count). The molecule has 0 heterocycles. The van der Waals surface area contributed by atoms with Gasteiger partial charge in [-0.3, -0.25) is 0 Å². The molecule has 1 saturated carbocycles. The molecule has 2 atom stereocenters. The Bertz CT molecular complexity index is 400. The van der Waals surface area contributed by atoms with Crippen molar-refractivity contribution < 1.29 is 8.78 Å². The van der Waals surface area contributed by atoms with E-state index in [1.54, 1.807) is 0 Å². The first-order valence-electron chi connectivity index (χ1n) is 5.73. The summed E-state index contributed by atoms with van der Waals surface area (Å²) in [5.74, 6) is -1.01. The van der Waals surface area contributed by atoms with E-state index < -0.39 is 11.6 Å². The standard InChI is InChI=1S/C13H16ClF2N/c1-13(2)11(14)6-12(13)17-7-8-9(15)4-3-5-10(8)16/h3-5,11-12,17H,6-7H2,1-2H3. The molecule has 0 saturated heterocycles. The Balaban J connectivity index is 2.00. The average Bonchev–Trinajstić information content (AvgIpc) is 2.27. The van der Waals surface area contributed by atoms with Crippen molar-refractivity contribution in [2.24, 2.45) is 5.41 Å². The molecular formula is C13H16ClF2N. The van der Waals surface area contributed by atoms with E-state index in [1.807, 2.05) is 0 Å². The second-order valence-corrected chi connectivity index (χ2v) is 5.69. The second kappa shape index (κ2) is 4.54. The lowest BCUT2D eigenvalue weighted by molar-refractivity contribution is 0.115. The van der Waals surface area contributed by atoms with Crippen molar-refractivity contribution in [3.8, 4) is 0 Å². The smallest absolute Gasteiger partial charge is 0.130 e. The predicted octanol–water partition coefficient (Wildman–Crippen LogP) is 3.46. The third kappa shape index (κ3) is 2.31. The second-order valence-electron chi connectivity index (χ2n) is 5.16. The van der Waals surface area contributed by atoms with E-state index in [0.29, 0.717) is 0 Å². The monoisotopic (exact) mass is 259 g/mol. The van der Waals surface area contributed by atoms with Gasteiger partial charge >= 0.3 is 0 Å². The van der Waals surface area contributed by atoms with Gasteiger partial charge in [-0.15, -0.1) is 11.6 Å². The molecule has 0 bridgehead atoms. The van der Waals surface area contributed by atoms with E-state index in [9.17, 15) is 8.78 Å². The van der Waals surface area contributed by atoms with Crippen LogP contribution in [0.2, 0.25) is 0 Å². The topological polar surface area (TPSA) is 12.0 Å². The van der Waals surface area contributed by atoms with Crippen molar-refractivity contribution in [2.45, 2.75) is 38.2 Å². The van der Waals surface area contributed by atoms with Gasteiger partial charge in [0.15, 0.2) is 0 Å². The summed E-state index contributed by atoms with van der Waals surface area (Å²) < 4.78 is 26.8. The third-order valence-corrected chi connectivity index (χ3v) is 4.48. The molecule has 4 heteroatoms. The number of hydrogen-bond acceptors (Lipinski definition) is 1. The molecule has 94 valence electrons. The lowest BCUT2D eigenvalue weighted by atomic mass is 9.67. The van der Waals surface area contributed by atoms with E-state index in [4.69, 9.17) is 11.6 Å². The Morgan fingerprint density at radius 1 is 1.35 bits per heavy atom. The van der Waals surface area contributed by atoms with Gasteiger partial charge in [0.1, 0.15) is 11.6 Å². The van der Waals surface area contributed by atoms with Crippen molar-refractivity contribution in [2.75, 3.05) is 0 Å². The highest BCUT2D eigenvalue weighted by Crippen LogP contribution is 2.44. The third-order valence-electron chi connectivity index (χ3n) is 3.73. The fourth-order valence-electron chi connectivity index (χ4n) is 2.15. The van der Waals surface area contributed by atoms with Gasteiger partial charge in [0.05, 0.1) is 0 Å². The Labute approximate surface area is 105 Å². The SMILES string of the molecule is CC1(C)C(Cl)CC1NCc1c(F)cccc1F. The van der Waals surface area contributed by atoms with Crippen LogP contribution in [0.3, 0.4) is 0 Å². The van der Waals surface area contributed by atoms with Crippen molar-refractivity contribution in [3.63, 3.8) is 0 Å². The molecule has 0 aromatic heterocycles. The molecule has 1 nitrogen and oxygen atoms in total. The number of alkyl halides is 1. The Morgan fingerprint density at radius 2 is 1.94 bits per heavy atom. The van der Waals surface area contributed by atoms with Gasteiger partial charge in [-0.1, -0.05) is 19.9 Å². The Morgan fingerprint density at radius 3 is 2.41 bits per heavy atom. The summed E-state index contributed by atoms with van der Waals surface area (Å²) in [5, 5.41) is 3.30. The summed E-state index contributed by atoms with van der Waals surface area (Å²) in [6, 6.07) is 4.13. The number of hydrogen-bond donors (Lipinski definition) is 1. The Hall–Kier alpha value is -0.670. The van der Waals surface area contributed by atoms with Crippen molar-refractivity contribution in [3.05, 3.63) is 35.4 Å². The quantitative estimate of drug-likeness (QED) is 0.820. The van der Waals surface area contributed by atoms with E-state index in [2.05, 4.69) is 19.2 Å². The van der Waals surface area contributed by atoms with Gasteiger partial charge in [-0.25, -0.2) is 8.78 Å². The minimum atomic E-state index is -0.503. The molecule has 1 aromatic rings. The normalized spacial score (nSPS) is 26.6. The van der Waals surface area contributed by atoms with Crippen LogP contribution in [-0.2, 0) is 6.54 Å². The molecule has 1 aliphatic carbocycles. The molecule has 0 spiro atoms. The van der Waals surface area contributed by atoms with E-state index in [1.165, 1.54) is 18.2 Å². The van der Waals surface area contributed by atoms with Crippen LogP contribution in [-0.4, -0.2) is 11.4 Å². The molecule has 1 fully saturated rings. The molecule has 2 unspecified atom stereocenters. The molecule has 0 radical (unpaired) electrons. The summed E-state index contributed by atoms with van der Waals surface area (Å²) in [4.78, 5) is 0. The minimum Gasteiger partial charge on any atom is -0.309 e. The fraction of sp³-hybridized carbons (Fsp3) is 0.538. The summed E-state index contributed by atoms with van der Waals surface area (Å²) in [6.07, 6.45) is 0.838. The van der Waals surface area contributed by atoms with Gasteiger partial charge in [-0.05, 0) is 24.0 Å². The van der Waals surface area contributed by atoms with Gasteiger partial charge < -0.3 is 5.32 Å². The summed E-state index contributed by atoms with van der Waals surface area (Å²) in [5.41, 5.74) is 0.0739. The average molecular weight is 260 g/mol. The van der Waals surface area contributed by atoms with Crippen LogP contribution in [0.5, 0.6) is 0 Å². The summed E-state index contributed by atoms with van der Waals surface area (Å²) >= 11 is 6.09. The molecule has 1 N–H and O–H groups in total. The van der Waals surface area contributed by atoms with Crippen molar-refractivity contribution >= 4 is 11.6 Å². The van der Waals surface area contributed by atoms with Crippen LogP contribution < -0.4 is 5.32 Å². The highest BCUT2D eigenvalue weighted by molar-refractivity contribution is 6.21. The number of nitrogens with one attached hydrogen (secondary N) is 1. The molecular weight excluding hydrogens is 244 g/mol. The van der Waals surface area contributed by atoms with Crippen LogP contribution in [0.1, 0.15) is 25.8 Å². The lowest BCUT2D eigenvalue weighted by Gasteiger charge is -2.49. The van der Waals surface area contributed by atoms with E-state index in [-0.39, 0.29) is 28.9 Å². The van der Waals surface area contributed by atoms with Gasteiger partial charge in [0.2, 0.25) is 0 Å². The zero-order valence-electron chi connectivity index (χ0n) is 9.93. The highest BCUT2D eigenvalue weighted by atomic mass is 35.5. The minimum absolute atomic E-state index is 0.0245. The predicted molar refractivity (Wildman–Crippen MR) is 65.0 cm³/mol. The zero-order valence-corrected chi connectivity index (χ0v) is 10.7. The maximum absolute atomic E-state index is 13.4. The zero-order chi connectivity index (χ0) is 12.6. The van der Waals surface area contributed by atoms with E-state index in [0.717, 1.165) is 6.42 Å². The van der Waals surface area contributed by atoms with Crippen LogP contribution in [0.25, 0.3) is 0 Å². The van der Waals surface area contributed by atoms with Crippen molar-refractivity contribution in [1.82, 2.24) is 5.32 Å². The molecule has 1 aromatic carbocycles. The Kier molecular flexibility index (Phi) is 3.41. The van der Waals surface area contributed by atoms with E-state index >= 15 is 0 Å².